The lowest BCUT2D eigenvalue weighted by Gasteiger charge is -2.34. The summed E-state index contributed by atoms with van der Waals surface area (Å²) in [4.78, 5) is 2.48. The van der Waals surface area contributed by atoms with Crippen LogP contribution in [0.4, 0.5) is 0 Å². The number of benzene rings is 1. The van der Waals surface area contributed by atoms with Gasteiger partial charge in [0.25, 0.3) is 0 Å². The number of nitrogens with zero attached hydrogens (tertiary/aromatic N) is 1. The molecule has 2 heteroatoms. The van der Waals surface area contributed by atoms with Crippen molar-refractivity contribution in [3.05, 3.63) is 48.0 Å². The van der Waals surface area contributed by atoms with Crippen LogP contribution in [0.5, 0.6) is 0 Å². The highest BCUT2D eigenvalue weighted by Crippen LogP contribution is 2.35. The number of rotatable bonds is 1. The lowest BCUT2D eigenvalue weighted by Crippen LogP contribution is -2.40. The Bertz CT molecular complexity index is 387. The molecule has 2 heterocycles. The van der Waals surface area contributed by atoms with E-state index in [2.05, 4.69) is 54.3 Å². The molecule has 3 rings (SSSR count). The van der Waals surface area contributed by atoms with Gasteiger partial charge in [-0.05, 0) is 12.5 Å². The fourth-order valence-electron chi connectivity index (χ4n) is 2.75. The van der Waals surface area contributed by atoms with Crippen molar-refractivity contribution in [2.45, 2.75) is 31.7 Å². The number of ether oxygens (including phenoxy) is 1. The molecule has 0 saturated carbocycles. The van der Waals surface area contributed by atoms with E-state index in [1.165, 1.54) is 5.56 Å². The van der Waals surface area contributed by atoms with Crippen molar-refractivity contribution in [3.63, 3.8) is 0 Å². The van der Waals surface area contributed by atoms with Crippen molar-refractivity contribution in [1.29, 1.82) is 0 Å². The summed E-state index contributed by atoms with van der Waals surface area (Å²) < 4.78 is 5.87. The van der Waals surface area contributed by atoms with Gasteiger partial charge in [0, 0.05) is 12.5 Å². The molecule has 0 aromatic heterocycles. The van der Waals surface area contributed by atoms with Gasteiger partial charge in [0.15, 0.2) is 0 Å². The topological polar surface area (TPSA) is 12.5 Å². The Morgan fingerprint density at radius 2 is 2.06 bits per heavy atom. The number of hydrogen-bond acceptors (Lipinski definition) is 2. The third-order valence-corrected chi connectivity index (χ3v) is 3.55. The van der Waals surface area contributed by atoms with E-state index in [4.69, 9.17) is 4.74 Å². The van der Waals surface area contributed by atoms with Crippen LogP contribution in [0.25, 0.3) is 0 Å². The van der Waals surface area contributed by atoms with Gasteiger partial charge in [0.1, 0.15) is 6.23 Å². The van der Waals surface area contributed by atoms with Gasteiger partial charge in [-0.15, -0.1) is 0 Å². The minimum atomic E-state index is 0.283. The summed E-state index contributed by atoms with van der Waals surface area (Å²) in [6.45, 7) is 3.06. The van der Waals surface area contributed by atoms with Crippen molar-refractivity contribution in [2.24, 2.45) is 0 Å². The van der Waals surface area contributed by atoms with Crippen LogP contribution >= 0.6 is 0 Å². The van der Waals surface area contributed by atoms with E-state index in [1.807, 2.05) is 0 Å². The monoisotopic (exact) mass is 215 g/mol. The lowest BCUT2D eigenvalue weighted by atomic mass is 10.0. The average molecular weight is 215 g/mol. The molecule has 0 spiro atoms. The van der Waals surface area contributed by atoms with Crippen LogP contribution in [0.1, 0.15) is 24.9 Å². The van der Waals surface area contributed by atoms with E-state index >= 15 is 0 Å². The summed E-state index contributed by atoms with van der Waals surface area (Å²) >= 11 is 0. The molecule has 0 N–H and O–H groups in total. The number of hydrogen-bond donors (Lipinski definition) is 0. The molecule has 1 fully saturated rings. The summed E-state index contributed by atoms with van der Waals surface area (Å²) in [5.41, 5.74) is 1.37. The lowest BCUT2D eigenvalue weighted by molar-refractivity contribution is 0.0164. The van der Waals surface area contributed by atoms with Gasteiger partial charge >= 0.3 is 0 Å². The van der Waals surface area contributed by atoms with Crippen LogP contribution in [0.15, 0.2) is 42.5 Å². The fraction of sp³-hybridized carbons (Fsp3) is 0.429. The minimum Gasteiger partial charge on any atom is -0.361 e. The Kier molecular flexibility index (Phi) is 2.54. The zero-order valence-corrected chi connectivity index (χ0v) is 9.54. The molecule has 1 unspecified atom stereocenters. The molecular formula is C14H17NO. The average Bonchev–Trinajstić information content (AvgIpc) is 2.75. The highest BCUT2D eigenvalue weighted by molar-refractivity contribution is 5.21. The van der Waals surface area contributed by atoms with Crippen molar-refractivity contribution < 1.29 is 4.74 Å². The molecule has 0 amide bonds. The molecule has 3 atom stereocenters. The standard InChI is InChI=1S/C14H17NO/c1-11-6-5-9-14-15(11)13(10-16-14)12-7-3-2-4-8-12/h2-8,11,13-14H,9-10H2,1H3/t11-,13+,14?/m1/s1. The third kappa shape index (κ3) is 1.58. The zero-order chi connectivity index (χ0) is 11.0. The molecule has 1 saturated heterocycles. The predicted molar refractivity (Wildman–Crippen MR) is 64.0 cm³/mol. The zero-order valence-electron chi connectivity index (χ0n) is 9.54. The smallest absolute Gasteiger partial charge is 0.115 e. The molecular weight excluding hydrogens is 198 g/mol. The van der Waals surface area contributed by atoms with Gasteiger partial charge in [0.2, 0.25) is 0 Å². The van der Waals surface area contributed by atoms with Gasteiger partial charge in [-0.1, -0.05) is 42.5 Å². The third-order valence-electron chi connectivity index (χ3n) is 3.55. The SMILES string of the molecule is C[C@@H]1C=CCC2OC[C@@H](c3ccccc3)N21. The first-order valence-corrected chi connectivity index (χ1v) is 5.97. The van der Waals surface area contributed by atoms with Crippen LogP contribution in [0, 0.1) is 0 Å². The first-order valence-electron chi connectivity index (χ1n) is 5.97. The second kappa shape index (κ2) is 4.04. The summed E-state index contributed by atoms with van der Waals surface area (Å²) in [6.07, 6.45) is 5.82. The molecule has 0 radical (unpaired) electrons. The normalized spacial score (nSPS) is 33.9. The first-order chi connectivity index (χ1) is 7.86. The maximum Gasteiger partial charge on any atom is 0.115 e. The largest absolute Gasteiger partial charge is 0.361 e. The van der Waals surface area contributed by atoms with E-state index in [1.54, 1.807) is 0 Å². The Hall–Kier alpha value is -1.12. The van der Waals surface area contributed by atoms with Crippen molar-refractivity contribution in [1.82, 2.24) is 4.90 Å². The molecule has 2 aliphatic heterocycles. The van der Waals surface area contributed by atoms with Gasteiger partial charge in [-0.25, -0.2) is 0 Å². The maximum atomic E-state index is 5.87. The quantitative estimate of drug-likeness (QED) is 0.668. The van der Waals surface area contributed by atoms with Crippen LogP contribution < -0.4 is 0 Å². The van der Waals surface area contributed by atoms with Gasteiger partial charge in [0.05, 0.1) is 12.6 Å². The Labute approximate surface area is 96.5 Å². The predicted octanol–water partition coefficient (Wildman–Crippen LogP) is 2.73. The molecule has 2 nitrogen and oxygen atoms in total. The Balaban J connectivity index is 1.90. The van der Waals surface area contributed by atoms with Crippen LogP contribution in [-0.4, -0.2) is 23.8 Å². The van der Waals surface area contributed by atoms with Gasteiger partial charge in [-0.3, -0.25) is 4.90 Å². The van der Waals surface area contributed by atoms with E-state index < -0.39 is 0 Å². The van der Waals surface area contributed by atoms with E-state index in [0.29, 0.717) is 12.1 Å². The fourth-order valence-corrected chi connectivity index (χ4v) is 2.75. The Morgan fingerprint density at radius 3 is 2.88 bits per heavy atom. The van der Waals surface area contributed by atoms with E-state index in [0.717, 1.165) is 13.0 Å². The highest BCUT2D eigenvalue weighted by atomic mass is 16.5. The molecule has 84 valence electrons. The van der Waals surface area contributed by atoms with Crippen molar-refractivity contribution >= 4 is 0 Å². The maximum absolute atomic E-state index is 5.87. The van der Waals surface area contributed by atoms with Crippen molar-refractivity contribution in [3.8, 4) is 0 Å². The van der Waals surface area contributed by atoms with E-state index in [9.17, 15) is 0 Å². The highest BCUT2D eigenvalue weighted by Gasteiger charge is 2.38. The first kappa shape index (κ1) is 10.1. The van der Waals surface area contributed by atoms with Crippen LogP contribution in [0.3, 0.4) is 0 Å². The van der Waals surface area contributed by atoms with Gasteiger partial charge in [-0.2, -0.15) is 0 Å². The summed E-state index contributed by atoms with van der Waals surface area (Å²) in [7, 11) is 0. The van der Waals surface area contributed by atoms with Crippen LogP contribution in [-0.2, 0) is 4.74 Å². The second-order valence-corrected chi connectivity index (χ2v) is 4.57. The second-order valence-electron chi connectivity index (χ2n) is 4.57. The van der Waals surface area contributed by atoms with Crippen LogP contribution in [0.2, 0.25) is 0 Å². The molecule has 16 heavy (non-hydrogen) atoms. The summed E-state index contributed by atoms with van der Waals surface area (Å²) in [5.74, 6) is 0. The molecule has 1 aromatic carbocycles. The number of fused-ring (bicyclic) bond motifs is 1. The molecule has 1 aromatic rings. The minimum absolute atomic E-state index is 0.283. The van der Waals surface area contributed by atoms with E-state index in [-0.39, 0.29) is 6.23 Å². The molecule has 0 bridgehead atoms. The van der Waals surface area contributed by atoms with Crippen molar-refractivity contribution in [2.75, 3.05) is 6.61 Å². The molecule has 2 aliphatic rings. The molecule has 0 aliphatic carbocycles. The van der Waals surface area contributed by atoms with Gasteiger partial charge < -0.3 is 4.74 Å². The summed E-state index contributed by atoms with van der Waals surface area (Å²) in [5, 5.41) is 0. The summed E-state index contributed by atoms with van der Waals surface area (Å²) in [6, 6.07) is 11.6. The Morgan fingerprint density at radius 1 is 1.25 bits per heavy atom.